The fourth-order valence-corrected chi connectivity index (χ4v) is 6.74. The minimum Gasteiger partial charge on any atom is -0.355 e. The van der Waals surface area contributed by atoms with E-state index in [4.69, 9.17) is 4.98 Å². The zero-order valence-electron chi connectivity index (χ0n) is 16.8. The molecule has 1 saturated heterocycles. The van der Waals surface area contributed by atoms with Crippen molar-refractivity contribution in [3.05, 3.63) is 20.8 Å². The van der Waals surface area contributed by atoms with Crippen molar-refractivity contribution in [1.29, 1.82) is 0 Å². The summed E-state index contributed by atoms with van der Waals surface area (Å²) in [4.78, 5) is 33.3. The van der Waals surface area contributed by atoms with E-state index in [0.29, 0.717) is 5.16 Å². The largest absolute Gasteiger partial charge is 0.355 e. The van der Waals surface area contributed by atoms with Crippen LogP contribution >= 0.6 is 23.1 Å². The summed E-state index contributed by atoms with van der Waals surface area (Å²) >= 11 is 3.18. The lowest BCUT2D eigenvalue weighted by Crippen LogP contribution is -2.32. The molecular formula is C21H29N3O2S2. The van der Waals surface area contributed by atoms with Gasteiger partial charge in [-0.25, -0.2) is 4.98 Å². The number of aryl methyl sites for hydroxylation is 2. The molecule has 2 aromatic rings. The van der Waals surface area contributed by atoms with E-state index >= 15 is 0 Å². The summed E-state index contributed by atoms with van der Waals surface area (Å²) in [7, 11) is 0. The molecule has 2 aromatic heterocycles. The second-order valence-corrected chi connectivity index (χ2v) is 10.2. The first-order valence-corrected chi connectivity index (χ1v) is 12.3. The molecule has 1 amide bonds. The monoisotopic (exact) mass is 419 g/mol. The number of rotatable bonds is 4. The highest BCUT2D eigenvalue weighted by atomic mass is 32.2. The lowest BCUT2D eigenvalue weighted by molar-refractivity contribution is -0.120. The molecule has 152 valence electrons. The fraction of sp³-hybridized carbons (Fsp3) is 0.667. The quantitative estimate of drug-likeness (QED) is 0.587. The van der Waals surface area contributed by atoms with Crippen molar-refractivity contribution in [2.75, 3.05) is 6.54 Å². The molecule has 28 heavy (non-hydrogen) atoms. The first-order chi connectivity index (χ1) is 13.6. The van der Waals surface area contributed by atoms with Crippen molar-refractivity contribution in [1.82, 2.24) is 14.9 Å². The Hall–Kier alpha value is -1.34. The molecule has 2 aliphatic rings. The van der Waals surface area contributed by atoms with Crippen LogP contribution in [0.2, 0.25) is 0 Å². The smallest absolute Gasteiger partial charge is 0.263 e. The van der Waals surface area contributed by atoms with E-state index in [1.54, 1.807) is 11.3 Å². The lowest BCUT2D eigenvalue weighted by Gasteiger charge is -2.20. The number of aromatic nitrogens is 2. The van der Waals surface area contributed by atoms with Gasteiger partial charge >= 0.3 is 0 Å². The molecule has 0 radical (unpaired) electrons. The van der Waals surface area contributed by atoms with Crippen LogP contribution < -0.4 is 10.9 Å². The highest BCUT2D eigenvalue weighted by Crippen LogP contribution is 2.36. The Bertz CT molecular complexity index is 934. The molecule has 1 aliphatic heterocycles. The Labute approximate surface area is 174 Å². The zero-order valence-corrected chi connectivity index (χ0v) is 18.4. The third-order valence-electron chi connectivity index (χ3n) is 6.00. The average molecular weight is 420 g/mol. The number of hydrogen-bond acceptors (Lipinski definition) is 5. The van der Waals surface area contributed by atoms with Gasteiger partial charge in [0.25, 0.3) is 5.56 Å². The number of carbonyl (C=O) groups excluding carboxylic acids is 1. The number of thioether (sulfide) groups is 1. The molecule has 1 fully saturated rings. The van der Waals surface area contributed by atoms with Crippen LogP contribution in [-0.2, 0) is 17.6 Å². The van der Waals surface area contributed by atoms with E-state index in [-0.39, 0.29) is 22.8 Å². The Morgan fingerprint density at radius 1 is 1.21 bits per heavy atom. The topological polar surface area (TPSA) is 64.0 Å². The molecule has 0 unspecified atom stereocenters. The molecule has 0 bridgehead atoms. The van der Waals surface area contributed by atoms with Crippen molar-refractivity contribution in [3.63, 3.8) is 0 Å². The van der Waals surface area contributed by atoms with Crippen molar-refractivity contribution in [2.45, 2.75) is 88.1 Å². The summed E-state index contributed by atoms with van der Waals surface area (Å²) in [5, 5.41) is 4.39. The van der Waals surface area contributed by atoms with Gasteiger partial charge in [0.2, 0.25) is 5.91 Å². The third kappa shape index (κ3) is 3.75. The molecule has 1 N–H and O–H groups in total. The van der Waals surface area contributed by atoms with Crippen molar-refractivity contribution >= 4 is 39.2 Å². The van der Waals surface area contributed by atoms with E-state index in [1.165, 1.54) is 35.0 Å². The van der Waals surface area contributed by atoms with Gasteiger partial charge in [-0.05, 0) is 57.4 Å². The minimum atomic E-state index is -0.167. The second kappa shape index (κ2) is 8.57. The normalized spacial score (nSPS) is 21.6. The van der Waals surface area contributed by atoms with Gasteiger partial charge in [0.15, 0.2) is 5.16 Å². The van der Waals surface area contributed by atoms with Crippen LogP contribution in [0.4, 0.5) is 0 Å². The highest BCUT2D eigenvalue weighted by molar-refractivity contribution is 8.00. The number of carbonyl (C=O) groups is 1. The Balaban J connectivity index is 1.83. The zero-order chi connectivity index (χ0) is 19.7. The van der Waals surface area contributed by atoms with Crippen molar-refractivity contribution in [3.8, 4) is 0 Å². The van der Waals surface area contributed by atoms with Gasteiger partial charge in [-0.15, -0.1) is 11.3 Å². The van der Waals surface area contributed by atoms with Gasteiger partial charge < -0.3 is 5.32 Å². The number of thiophene rings is 1. The van der Waals surface area contributed by atoms with E-state index in [1.807, 2.05) is 4.57 Å². The molecule has 7 heteroatoms. The first kappa shape index (κ1) is 20.0. The average Bonchev–Trinajstić information content (AvgIpc) is 2.82. The second-order valence-electron chi connectivity index (χ2n) is 7.96. The molecule has 5 nitrogen and oxygen atoms in total. The van der Waals surface area contributed by atoms with E-state index in [9.17, 15) is 9.59 Å². The molecule has 0 aromatic carbocycles. The number of nitrogens with one attached hydrogen (secondary N) is 1. The van der Waals surface area contributed by atoms with Crippen LogP contribution in [0.15, 0.2) is 9.95 Å². The predicted octanol–water partition coefficient (Wildman–Crippen LogP) is 4.46. The molecule has 4 rings (SSSR count). The van der Waals surface area contributed by atoms with Crippen LogP contribution in [0.25, 0.3) is 10.2 Å². The summed E-state index contributed by atoms with van der Waals surface area (Å²) in [6.45, 7) is 4.93. The summed E-state index contributed by atoms with van der Waals surface area (Å²) < 4.78 is 1.86. The van der Waals surface area contributed by atoms with Crippen LogP contribution in [0, 0.1) is 0 Å². The molecule has 0 spiro atoms. The fourth-order valence-electron chi connectivity index (χ4n) is 4.18. The maximum Gasteiger partial charge on any atom is 0.263 e. The van der Waals surface area contributed by atoms with Crippen molar-refractivity contribution < 1.29 is 4.79 Å². The predicted molar refractivity (Wildman–Crippen MR) is 117 cm³/mol. The Morgan fingerprint density at radius 2 is 2.04 bits per heavy atom. The first-order valence-electron chi connectivity index (χ1n) is 10.6. The van der Waals surface area contributed by atoms with Crippen LogP contribution in [0.5, 0.6) is 0 Å². The molecular weight excluding hydrogens is 390 g/mol. The number of fused-ring (bicyclic) bond motifs is 3. The molecule has 2 atom stereocenters. The summed E-state index contributed by atoms with van der Waals surface area (Å²) in [6.07, 6.45) is 9.39. The van der Waals surface area contributed by atoms with E-state index in [0.717, 1.165) is 61.7 Å². The lowest BCUT2D eigenvalue weighted by atomic mass is 10.1. The van der Waals surface area contributed by atoms with Gasteiger partial charge in [-0.1, -0.05) is 31.5 Å². The van der Waals surface area contributed by atoms with E-state index < -0.39 is 0 Å². The number of nitrogens with zero attached hydrogens (tertiary/aromatic N) is 2. The van der Waals surface area contributed by atoms with Crippen LogP contribution in [-0.4, -0.2) is 27.3 Å². The number of hydrogen-bond donors (Lipinski definition) is 1. The summed E-state index contributed by atoms with van der Waals surface area (Å²) in [5.74, 6) is 0.0782. The molecule has 0 saturated carbocycles. The van der Waals surface area contributed by atoms with Crippen LogP contribution in [0.1, 0.15) is 75.3 Å². The van der Waals surface area contributed by atoms with Gasteiger partial charge in [0.05, 0.1) is 10.6 Å². The van der Waals surface area contributed by atoms with Gasteiger partial charge in [0, 0.05) is 17.5 Å². The molecule has 1 aliphatic carbocycles. The van der Waals surface area contributed by atoms with E-state index in [2.05, 4.69) is 19.2 Å². The maximum atomic E-state index is 13.6. The standard InChI is InChI=1S/C21H29N3O2S2/c1-3-13(2)24-20(26)17-14-9-5-4-6-10-15(14)27-19(17)23-21(24)28-16-11-7-8-12-22-18(16)25/h13,16H,3-12H2,1-2H3,(H,22,25)/t13-,16+/m0/s1. The molecule has 3 heterocycles. The van der Waals surface area contributed by atoms with Crippen molar-refractivity contribution in [2.24, 2.45) is 0 Å². The summed E-state index contributed by atoms with van der Waals surface area (Å²) in [6, 6.07) is 0.0714. The number of amides is 1. The van der Waals surface area contributed by atoms with Gasteiger partial charge in [-0.2, -0.15) is 0 Å². The third-order valence-corrected chi connectivity index (χ3v) is 8.42. The maximum absolute atomic E-state index is 13.6. The van der Waals surface area contributed by atoms with Crippen LogP contribution in [0.3, 0.4) is 0 Å². The van der Waals surface area contributed by atoms with Gasteiger partial charge in [-0.3, -0.25) is 14.2 Å². The Morgan fingerprint density at radius 3 is 2.86 bits per heavy atom. The van der Waals surface area contributed by atoms with Gasteiger partial charge in [0.1, 0.15) is 4.83 Å². The summed E-state index contributed by atoms with van der Waals surface area (Å²) in [5.41, 5.74) is 1.34. The SMILES string of the molecule is CC[C@H](C)n1c(S[C@@H]2CCCCNC2=O)nc2sc3c(c2c1=O)CCCCC3. The Kier molecular flexibility index (Phi) is 6.11. The minimum absolute atomic E-state index is 0.0714. The highest BCUT2D eigenvalue weighted by Gasteiger charge is 2.27.